The van der Waals surface area contributed by atoms with Crippen molar-refractivity contribution in [3.63, 3.8) is 0 Å². The maximum atomic E-state index is 9.96. The molecular weight excluding hydrogens is 456 g/mol. The van der Waals surface area contributed by atoms with Crippen molar-refractivity contribution >= 4 is 5.97 Å². The monoisotopic (exact) mass is 518 g/mol. The van der Waals surface area contributed by atoms with Crippen molar-refractivity contribution in [2.24, 2.45) is 0 Å². The van der Waals surface area contributed by atoms with E-state index in [9.17, 15) is 4.79 Å². The minimum Gasteiger partial charge on any atom is -0.481 e. The highest BCUT2D eigenvalue weighted by Crippen LogP contribution is 2.21. The van der Waals surface area contributed by atoms with Gasteiger partial charge in [0.2, 0.25) is 0 Å². The van der Waals surface area contributed by atoms with Crippen LogP contribution >= 0.6 is 0 Å². The molecule has 0 aliphatic carbocycles. The normalized spacial score (nSPS) is 17.6. The SMILES string of the molecule is CCCCCCC(=O)O.CCCCCCC(O)CO.CCCCCCC1COC(CCCCCC)O1. The average molecular weight is 519 g/mol. The minimum atomic E-state index is -0.675. The number of carboxylic acids is 1. The van der Waals surface area contributed by atoms with Crippen LogP contribution in [0.1, 0.15) is 156 Å². The maximum absolute atomic E-state index is 9.96. The van der Waals surface area contributed by atoms with Gasteiger partial charge in [0, 0.05) is 6.42 Å². The fraction of sp³-hybridized carbons (Fsp3) is 0.967. The van der Waals surface area contributed by atoms with Gasteiger partial charge in [-0.25, -0.2) is 0 Å². The van der Waals surface area contributed by atoms with Crippen molar-refractivity contribution in [3.05, 3.63) is 0 Å². The first-order valence-electron chi connectivity index (χ1n) is 15.2. The molecule has 1 aliphatic rings. The highest BCUT2D eigenvalue weighted by Gasteiger charge is 2.24. The van der Waals surface area contributed by atoms with Crippen LogP contribution in [0, 0.1) is 0 Å². The van der Waals surface area contributed by atoms with Gasteiger partial charge in [0.1, 0.15) is 0 Å². The van der Waals surface area contributed by atoms with Gasteiger partial charge < -0.3 is 24.8 Å². The summed E-state index contributed by atoms with van der Waals surface area (Å²) in [4.78, 5) is 9.96. The first-order chi connectivity index (χ1) is 17.4. The molecule has 0 spiro atoms. The molecule has 3 unspecified atom stereocenters. The predicted octanol–water partition coefficient (Wildman–Crippen LogP) is 8.02. The number of rotatable bonds is 21. The summed E-state index contributed by atoms with van der Waals surface area (Å²) >= 11 is 0. The van der Waals surface area contributed by atoms with Crippen LogP contribution in [0.4, 0.5) is 0 Å². The first-order valence-corrected chi connectivity index (χ1v) is 15.2. The van der Waals surface area contributed by atoms with Crippen LogP contribution in [0.2, 0.25) is 0 Å². The molecule has 0 bridgehead atoms. The predicted molar refractivity (Wildman–Crippen MR) is 150 cm³/mol. The Morgan fingerprint density at radius 3 is 1.75 bits per heavy atom. The topological polar surface area (TPSA) is 96.2 Å². The Morgan fingerprint density at radius 2 is 1.25 bits per heavy atom. The van der Waals surface area contributed by atoms with Crippen molar-refractivity contribution < 1.29 is 29.6 Å². The number of hydrogen-bond acceptors (Lipinski definition) is 5. The van der Waals surface area contributed by atoms with E-state index in [0.29, 0.717) is 12.5 Å². The van der Waals surface area contributed by atoms with E-state index >= 15 is 0 Å². The van der Waals surface area contributed by atoms with Crippen LogP contribution in [0.25, 0.3) is 0 Å². The molecule has 0 saturated carbocycles. The van der Waals surface area contributed by atoms with Gasteiger partial charge >= 0.3 is 5.97 Å². The van der Waals surface area contributed by atoms with Gasteiger partial charge in [-0.1, -0.05) is 118 Å². The highest BCUT2D eigenvalue weighted by atomic mass is 16.7. The van der Waals surface area contributed by atoms with Crippen LogP contribution in [-0.4, -0.2) is 53.0 Å². The summed E-state index contributed by atoms with van der Waals surface area (Å²) in [7, 11) is 0. The summed E-state index contributed by atoms with van der Waals surface area (Å²) in [5, 5.41) is 25.6. The molecular formula is C30H62O6. The van der Waals surface area contributed by atoms with Crippen LogP contribution < -0.4 is 0 Å². The second-order valence-corrected chi connectivity index (χ2v) is 10.1. The molecule has 1 rings (SSSR count). The van der Waals surface area contributed by atoms with Gasteiger partial charge in [-0.3, -0.25) is 4.79 Å². The molecule has 6 nitrogen and oxygen atoms in total. The van der Waals surface area contributed by atoms with Gasteiger partial charge in [-0.05, 0) is 32.1 Å². The molecule has 3 N–H and O–H groups in total. The lowest BCUT2D eigenvalue weighted by atomic mass is 10.1. The second kappa shape index (κ2) is 30.5. The molecule has 3 atom stereocenters. The lowest BCUT2D eigenvalue weighted by Crippen LogP contribution is -2.12. The number of unbranched alkanes of at least 4 members (excludes halogenated alkanes) is 12. The summed E-state index contributed by atoms with van der Waals surface area (Å²) in [6.45, 7) is 9.50. The van der Waals surface area contributed by atoms with E-state index in [4.69, 9.17) is 24.8 Å². The molecule has 0 aromatic rings. The van der Waals surface area contributed by atoms with E-state index < -0.39 is 12.1 Å². The third-order valence-electron chi connectivity index (χ3n) is 6.33. The van der Waals surface area contributed by atoms with Crippen molar-refractivity contribution in [1.82, 2.24) is 0 Å². The minimum absolute atomic E-state index is 0.0911. The number of ether oxygens (including phenoxy) is 2. The van der Waals surface area contributed by atoms with E-state index in [1.165, 1.54) is 83.5 Å². The number of aliphatic hydroxyl groups excluding tert-OH is 2. The van der Waals surface area contributed by atoms with E-state index in [2.05, 4.69) is 27.7 Å². The Kier molecular flexibility index (Phi) is 31.8. The lowest BCUT2D eigenvalue weighted by Gasteiger charge is -2.11. The molecule has 1 heterocycles. The van der Waals surface area contributed by atoms with Gasteiger partial charge in [0.15, 0.2) is 6.29 Å². The Hall–Kier alpha value is -0.690. The zero-order valence-electron chi connectivity index (χ0n) is 24.4. The quantitative estimate of drug-likeness (QED) is 0.133. The number of aliphatic hydroxyl groups is 2. The average Bonchev–Trinajstić information content (AvgIpc) is 3.33. The summed E-state index contributed by atoms with van der Waals surface area (Å²) in [6, 6.07) is 0. The molecule has 1 saturated heterocycles. The third-order valence-corrected chi connectivity index (χ3v) is 6.33. The Labute approximate surface area is 223 Å². The largest absolute Gasteiger partial charge is 0.481 e. The fourth-order valence-electron chi connectivity index (χ4n) is 3.95. The van der Waals surface area contributed by atoms with Crippen molar-refractivity contribution in [3.8, 4) is 0 Å². The van der Waals surface area contributed by atoms with E-state index in [1.54, 1.807) is 0 Å². The first kappa shape index (κ1) is 37.5. The molecule has 1 aliphatic heterocycles. The standard InChI is InChI=1S/C15H30O2.C8H18O2.C7H14O2/c1-3-5-7-9-11-14-13-16-15(17-14)12-10-8-6-4-2;1-2-3-4-5-6-8(10)7-9;1-2-3-4-5-6-7(8)9/h14-15H,3-13H2,1-2H3;8-10H,2-7H2,1H3;2-6H2,1H3,(H,8,9). The zero-order valence-corrected chi connectivity index (χ0v) is 24.4. The molecule has 0 aromatic carbocycles. The maximum Gasteiger partial charge on any atom is 0.303 e. The summed E-state index contributed by atoms with van der Waals surface area (Å²) in [6.07, 6.45) is 22.7. The highest BCUT2D eigenvalue weighted by molar-refractivity contribution is 5.66. The summed E-state index contributed by atoms with van der Waals surface area (Å²) in [5.41, 5.74) is 0. The molecule has 0 radical (unpaired) electrons. The number of carbonyl (C=O) groups is 1. The van der Waals surface area contributed by atoms with Crippen molar-refractivity contribution in [2.45, 2.75) is 175 Å². The Morgan fingerprint density at radius 1 is 0.750 bits per heavy atom. The van der Waals surface area contributed by atoms with E-state index in [0.717, 1.165) is 45.1 Å². The zero-order chi connectivity index (χ0) is 27.3. The molecule has 0 aromatic heterocycles. The second-order valence-electron chi connectivity index (χ2n) is 10.1. The van der Waals surface area contributed by atoms with E-state index in [-0.39, 0.29) is 12.9 Å². The van der Waals surface area contributed by atoms with E-state index in [1.807, 2.05) is 0 Å². The Bertz CT molecular complexity index is 414. The van der Waals surface area contributed by atoms with Gasteiger partial charge in [0.25, 0.3) is 0 Å². The number of aliphatic carboxylic acids is 1. The Balaban J connectivity index is 0. The molecule has 6 heteroatoms. The number of carboxylic acid groups (broad SMARTS) is 1. The van der Waals surface area contributed by atoms with Crippen LogP contribution in [0.3, 0.4) is 0 Å². The van der Waals surface area contributed by atoms with Crippen LogP contribution in [0.15, 0.2) is 0 Å². The van der Waals surface area contributed by atoms with Gasteiger partial charge in [-0.2, -0.15) is 0 Å². The molecule has 218 valence electrons. The number of hydrogen-bond donors (Lipinski definition) is 3. The van der Waals surface area contributed by atoms with Crippen LogP contribution in [0.5, 0.6) is 0 Å². The van der Waals surface area contributed by atoms with Crippen molar-refractivity contribution in [2.75, 3.05) is 13.2 Å². The van der Waals surface area contributed by atoms with Crippen molar-refractivity contribution in [1.29, 1.82) is 0 Å². The smallest absolute Gasteiger partial charge is 0.303 e. The lowest BCUT2D eigenvalue weighted by molar-refractivity contribution is -0.137. The molecule has 1 fully saturated rings. The molecule has 0 amide bonds. The third kappa shape index (κ3) is 29.5. The van der Waals surface area contributed by atoms with Gasteiger partial charge in [0.05, 0.1) is 25.4 Å². The molecule has 36 heavy (non-hydrogen) atoms. The fourth-order valence-corrected chi connectivity index (χ4v) is 3.95. The summed E-state index contributed by atoms with van der Waals surface area (Å²) < 4.78 is 11.6. The summed E-state index contributed by atoms with van der Waals surface area (Å²) in [5.74, 6) is -0.675. The van der Waals surface area contributed by atoms with Gasteiger partial charge in [-0.15, -0.1) is 0 Å². The van der Waals surface area contributed by atoms with Crippen LogP contribution in [-0.2, 0) is 14.3 Å².